The second-order valence-electron chi connectivity index (χ2n) is 4.49. The van der Waals surface area contributed by atoms with Gasteiger partial charge in [-0.25, -0.2) is 4.98 Å². The van der Waals surface area contributed by atoms with Gasteiger partial charge in [0.05, 0.1) is 0 Å². The molecule has 0 bridgehead atoms. The first-order valence-corrected chi connectivity index (χ1v) is 6.96. The maximum absolute atomic E-state index is 5.50. The fourth-order valence-corrected chi connectivity index (χ4v) is 2.61. The predicted molar refractivity (Wildman–Crippen MR) is 73.6 cm³/mol. The zero-order valence-corrected chi connectivity index (χ0v) is 10.8. The summed E-state index contributed by atoms with van der Waals surface area (Å²) < 4.78 is 0. The average Bonchev–Trinajstić information content (AvgIpc) is 2.40. The molecule has 1 aliphatic rings. The van der Waals surface area contributed by atoms with Crippen LogP contribution in [0.3, 0.4) is 0 Å². The number of aromatic nitrogens is 1. The molecule has 2 rings (SSSR count). The van der Waals surface area contributed by atoms with Crippen LogP contribution in [0.2, 0.25) is 0 Å². The maximum Gasteiger partial charge on any atom is 0.113 e. The largest absolute Gasteiger partial charge is 0.359 e. The van der Waals surface area contributed by atoms with Gasteiger partial charge in [0.25, 0.3) is 0 Å². The lowest BCUT2D eigenvalue weighted by molar-refractivity contribution is 0.405. The van der Waals surface area contributed by atoms with Crippen molar-refractivity contribution in [1.82, 2.24) is 4.98 Å². The molecule has 17 heavy (non-hydrogen) atoms. The van der Waals surface area contributed by atoms with Crippen molar-refractivity contribution in [2.45, 2.75) is 37.1 Å². The Morgan fingerprint density at radius 1 is 1.41 bits per heavy atom. The molecule has 1 fully saturated rings. The normalized spacial score (nSPS) is 16.8. The first-order valence-electron chi connectivity index (χ1n) is 6.08. The van der Waals surface area contributed by atoms with Gasteiger partial charge in [0.1, 0.15) is 5.03 Å². The molecule has 0 radical (unpaired) electrons. The number of hydrogen-bond donors (Lipinski definition) is 2. The van der Waals surface area contributed by atoms with Crippen molar-refractivity contribution in [3.05, 3.63) is 30.6 Å². The van der Waals surface area contributed by atoms with Crippen molar-refractivity contribution < 1.29 is 0 Å². The summed E-state index contributed by atoms with van der Waals surface area (Å²) in [5.41, 5.74) is 2.16. The van der Waals surface area contributed by atoms with Gasteiger partial charge in [0.15, 0.2) is 0 Å². The summed E-state index contributed by atoms with van der Waals surface area (Å²) in [6.45, 7) is 4.16. The minimum Gasteiger partial charge on any atom is -0.359 e. The highest BCUT2D eigenvalue weighted by Crippen LogP contribution is 2.29. The molecule has 4 heteroatoms. The van der Waals surface area contributed by atoms with Crippen molar-refractivity contribution in [1.29, 1.82) is 0 Å². The predicted octanol–water partition coefficient (Wildman–Crippen LogP) is 3.55. The number of pyridine rings is 1. The molecule has 1 aromatic rings. The molecular formula is C13H19N3S. The van der Waals surface area contributed by atoms with Crippen LogP contribution in [-0.4, -0.2) is 4.98 Å². The molecule has 3 nitrogen and oxygen atoms in total. The van der Waals surface area contributed by atoms with E-state index in [2.05, 4.69) is 16.9 Å². The lowest BCUT2D eigenvalue weighted by Crippen LogP contribution is -2.14. The SMILES string of the molecule is C=C(Nc1ccnc(SN)c1)C1CCCCC1. The van der Waals surface area contributed by atoms with E-state index in [9.17, 15) is 0 Å². The molecule has 1 saturated carbocycles. The topological polar surface area (TPSA) is 50.9 Å². The summed E-state index contributed by atoms with van der Waals surface area (Å²) in [7, 11) is 0. The van der Waals surface area contributed by atoms with Crippen molar-refractivity contribution >= 4 is 17.6 Å². The van der Waals surface area contributed by atoms with Crippen molar-refractivity contribution in [3.8, 4) is 0 Å². The Balaban J connectivity index is 1.96. The molecule has 0 atom stereocenters. The third kappa shape index (κ3) is 3.48. The van der Waals surface area contributed by atoms with Gasteiger partial charge in [-0.3, -0.25) is 5.14 Å². The third-order valence-electron chi connectivity index (χ3n) is 3.26. The Morgan fingerprint density at radius 2 is 2.18 bits per heavy atom. The third-order valence-corrected chi connectivity index (χ3v) is 3.72. The molecule has 1 heterocycles. The number of allylic oxidation sites excluding steroid dienone is 1. The van der Waals surface area contributed by atoms with E-state index in [0.717, 1.165) is 28.4 Å². The van der Waals surface area contributed by atoms with Crippen molar-refractivity contribution in [3.63, 3.8) is 0 Å². The van der Waals surface area contributed by atoms with Gasteiger partial charge in [-0.15, -0.1) is 0 Å². The van der Waals surface area contributed by atoms with E-state index < -0.39 is 0 Å². The van der Waals surface area contributed by atoms with Crippen LogP contribution >= 0.6 is 11.9 Å². The summed E-state index contributed by atoms with van der Waals surface area (Å²) in [6.07, 6.45) is 8.31. The van der Waals surface area contributed by atoms with Crippen LogP contribution in [0.5, 0.6) is 0 Å². The van der Waals surface area contributed by atoms with E-state index in [1.165, 1.54) is 32.1 Å². The number of nitrogens with two attached hydrogens (primary N) is 1. The number of hydrogen-bond acceptors (Lipinski definition) is 4. The van der Waals surface area contributed by atoms with Crippen LogP contribution in [0.4, 0.5) is 5.69 Å². The molecule has 0 amide bonds. The van der Waals surface area contributed by atoms with Gasteiger partial charge in [-0.2, -0.15) is 0 Å². The van der Waals surface area contributed by atoms with E-state index >= 15 is 0 Å². The number of rotatable bonds is 4. The molecular weight excluding hydrogens is 230 g/mol. The lowest BCUT2D eigenvalue weighted by Gasteiger charge is -2.24. The van der Waals surface area contributed by atoms with E-state index in [1.54, 1.807) is 6.20 Å². The number of nitrogens with one attached hydrogen (secondary N) is 1. The van der Waals surface area contributed by atoms with Crippen LogP contribution in [-0.2, 0) is 0 Å². The minimum atomic E-state index is 0.617. The summed E-state index contributed by atoms with van der Waals surface area (Å²) in [6, 6.07) is 3.91. The van der Waals surface area contributed by atoms with E-state index in [4.69, 9.17) is 5.14 Å². The van der Waals surface area contributed by atoms with Crippen LogP contribution in [0, 0.1) is 5.92 Å². The van der Waals surface area contributed by atoms with E-state index in [0.29, 0.717) is 5.92 Å². The highest BCUT2D eigenvalue weighted by molar-refractivity contribution is 7.97. The summed E-state index contributed by atoms with van der Waals surface area (Å²) in [5.74, 6) is 0.617. The highest BCUT2D eigenvalue weighted by Gasteiger charge is 2.16. The second-order valence-corrected chi connectivity index (χ2v) is 5.14. The minimum absolute atomic E-state index is 0.617. The zero-order valence-electron chi connectivity index (χ0n) is 9.98. The molecule has 0 unspecified atom stereocenters. The quantitative estimate of drug-likeness (QED) is 0.801. The van der Waals surface area contributed by atoms with Gasteiger partial charge >= 0.3 is 0 Å². The Hall–Kier alpha value is -1.00. The van der Waals surface area contributed by atoms with Gasteiger partial charge < -0.3 is 5.32 Å². The smallest absolute Gasteiger partial charge is 0.113 e. The molecule has 0 saturated heterocycles. The first kappa shape index (κ1) is 12.5. The molecule has 1 aromatic heterocycles. The summed E-state index contributed by atoms with van der Waals surface area (Å²) >= 11 is 1.16. The Labute approximate surface area is 107 Å². The van der Waals surface area contributed by atoms with Gasteiger partial charge in [-0.05, 0) is 42.8 Å². The number of nitrogens with zero attached hydrogens (tertiary/aromatic N) is 1. The van der Waals surface area contributed by atoms with E-state index in [1.807, 2.05) is 12.1 Å². The Morgan fingerprint density at radius 3 is 2.88 bits per heavy atom. The van der Waals surface area contributed by atoms with Gasteiger partial charge in [-0.1, -0.05) is 25.8 Å². The lowest BCUT2D eigenvalue weighted by atomic mass is 9.87. The molecule has 92 valence electrons. The molecule has 0 aliphatic heterocycles. The van der Waals surface area contributed by atoms with Crippen LogP contribution in [0.25, 0.3) is 0 Å². The fraction of sp³-hybridized carbons (Fsp3) is 0.462. The fourth-order valence-electron chi connectivity index (χ4n) is 2.29. The molecule has 3 N–H and O–H groups in total. The molecule has 0 spiro atoms. The monoisotopic (exact) mass is 249 g/mol. The van der Waals surface area contributed by atoms with Gasteiger partial charge in [0.2, 0.25) is 0 Å². The Bertz CT molecular complexity index is 386. The van der Waals surface area contributed by atoms with Crippen LogP contribution in [0.1, 0.15) is 32.1 Å². The maximum atomic E-state index is 5.50. The summed E-state index contributed by atoms with van der Waals surface area (Å²) in [5, 5.41) is 9.70. The Kier molecular flexibility index (Phi) is 4.45. The van der Waals surface area contributed by atoms with Gasteiger partial charge in [0, 0.05) is 17.6 Å². The zero-order chi connectivity index (χ0) is 12.1. The average molecular weight is 249 g/mol. The van der Waals surface area contributed by atoms with E-state index in [-0.39, 0.29) is 0 Å². The van der Waals surface area contributed by atoms with Crippen molar-refractivity contribution in [2.75, 3.05) is 5.32 Å². The molecule has 0 aromatic carbocycles. The summed E-state index contributed by atoms with van der Waals surface area (Å²) in [4.78, 5) is 4.15. The molecule has 1 aliphatic carbocycles. The number of anilines is 1. The van der Waals surface area contributed by atoms with Crippen LogP contribution in [0.15, 0.2) is 35.6 Å². The first-order chi connectivity index (χ1) is 8.29. The van der Waals surface area contributed by atoms with Crippen LogP contribution < -0.4 is 10.5 Å². The highest BCUT2D eigenvalue weighted by atomic mass is 32.2. The second kappa shape index (κ2) is 6.07. The van der Waals surface area contributed by atoms with Crippen molar-refractivity contribution in [2.24, 2.45) is 11.1 Å². The standard InChI is InChI=1S/C13H19N3S/c1-10(11-5-3-2-4-6-11)16-12-7-8-15-13(9-12)17-14/h7-9,11H,1-6,14H2,(H,15,16).